The van der Waals surface area contributed by atoms with E-state index < -0.39 is 53.1 Å². The fourth-order valence-corrected chi connectivity index (χ4v) is 5.62. The molecule has 3 aliphatic rings. The lowest BCUT2D eigenvalue weighted by atomic mass is 9.61. The van der Waals surface area contributed by atoms with E-state index in [2.05, 4.69) is 5.32 Å². The zero-order valence-corrected chi connectivity index (χ0v) is 20.2. The maximum Gasteiger partial charge on any atom is 0.494 e. The monoisotopic (exact) mass is 489 g/mol. The van der Waals surface area contributed by atoms with Crippen LogP contribution in [0, 0.1) is 17.6 Å². The molecule has 0 spiro atoms. The van der Waals surface area contributed by atoms with Crippen LogP contribution in [0.4, 0.5) is 23.2 Å². The summed E-state index contributed by atoms with van der Waals surface area (Å²) in [7, 11) is -0.616. The average molecular weight is 489 g/mol. The Kier molecular flexibility index (Phi) is 5.42. The highest BCUT2D eigenvalue weighted by Crippen LogP contribution is 2.54. The van der Waals surface area contributed by atoms with Gasteiger partial charge in [-0.2, -0.15) is 0 Å². The molecule has 1 saturated heterocycles. The van der Waals surface area contributed by atoms with Gasteiger partial charge in [-0.15, -0.1) is 0 Å². The molecule has 2 aromatic rings. The zero-order chi connectivity index (χ0) is 25.4. The maximum atomic E-state index is 14.7. The van der Waals surface area contributed by atoms with Gasteiger partial charge < -0.3 is 14.6 Å². The predicted molar refractivity (Wildman–Crippen MR) is 125 cm³/mol. The first-order chi connectivity index (χ1) is 16.3. The fourth-order valence-electron chi connectivity index (χ4n) is 5.62. The molecule has 1 atom stereocenters. The molecule has 1 aliphatic carbocycles. The second-order valence-electron chi connectivity index (χ2n) is 10.9. The number of hydrogen-bond donors (Lipinski definition) is 1. The van der Waals surface area contributed by atoms with Gasteiger partial charge in [-0.25, -0.2) is 17.6 Å². The standard InChI is InChI=1S/C26H28BF4NO3/c1-23(2)24(3,4)35-27(34-23)17-7-5-15(6-8-17)26(16-11-13-25(30,31)14-12-16)18-9-10-19(28)20(29)21(18)32-22(26)33/h5-10,16H,11-14H2,1-4H3,(H,32,33)/t26-/m1/s1. The fraction of sp³-hybridized carbons (Fsp3) is 0.500. The molecular formula is C26H28BF4NO3. The van der Waals surface area contributed by atoms with Gasteiger partial charge >= 0.3 is 7.12 Å². The molecule has 0 aromatic heterocycles. The van der Waals surface area contributed by atoms with Crippen molar-refractivity contribution in [3.8, 4) is 0 Å². The lowest BCUT2D eigenvalue weighted by molar-refractivity contribution is -0.123. The third-order valence-corrected chi connectivity index (χ3v) is 8.34. The third-order valence-electron chi connectivity index (χ3n) is 8.34. The summed E-state index contributed by atoms with van der Waals surface area (Å²) in [6.07, 6.45) is -0.564. The van der Waals surface area contributed by atoms with Crippen LogP contribution in [-0.4, -0.2) is 30.2 Å². The summed E-state index contributed by atoms with van der Waals surface area (Å²) in [6, 6.07) is 9.41. The number of carbonyl (C=O) groups excluding carboxylic acids is 1. The third kappa shape index (κ3) is 3.61. The van der Waals surface area contributed by atoms with Crippen LogP contribution in [0.3, 0.4) is 0 Å². The Morgan fingerprint density at radius 3 is 2.06 bits per heavy atom. The van der Waals surface area contributed by atoms with Gasteiger partial charge in [-0.3, -0.25) is 4.79 Å². The van der Waals surface area contributed by atoms with Crippen LogP contribution >= 0.6 is 0 Å². The molecule has 0 radical (unpaired) electrons. The number of alkyl halides is 2. The molecule has 1 saturated carbocycles. The molecule has 35 heavy (non-hydrogen) atoms. The molecule has 9 heteroatoms. The maximum absolute atomic E-state index is 14.7. The van der Waals surface area contributed by atoms with E-state index in [1.807, 2.05) is 27.7 Å². The second kappa shape index (κ2) is 7.81. The van der Waals surface area contributed by atoms with Crippen LogP contribution in [0.25, 0.3) is 0 Å². The minimum absolute atomic E-state index is 0.0812. The Morgan fingerprint density at radius 2 is 1.49 bits per heavy atom. The van der Waals surface area contributed by atoms with Gasteiger partial charge in [-0.05, 0) is 69.1 Å². The first-order valence-electron chi connectivity index (χ1n) is 11.9. The molecule has 2 aliphatic heterocycles. The molecule has 4 nitrogen and oxygen atoms in total. The Bertz CT molecular complexity index is 1160. The highest BCUT2D eigenvalue weighted by molar-refractivity contribution is 6.62. The number of hydrogen-bond acceptors (Lipinski definition) is 3. The van der Waals surface area contributed by atoms with Gasteiger partial charge in [-0.1, -0.05) is 30.3 Å². The van der Waals surface area contributed by atoms with E-state index in [4.69, 9.17) is 9.31 Å². The van der Waals surface area contributed by atoms with E-state index in [1.54, 1.807) is 24.3 Å². The van der Waals surface area contributed by atoms with Crippen molar-refractivity contribution in [1.82, 2.24) is 0 Å². The number of nitrogens with one attached hydrogen (secondary N) is 1. The molecule has 0 bridgehead atoms. The first-order valence-corrected chi connectivity index (χ1v) is 11.9. The predicted octanol–water partition coefficient (Wildman–Crippen LogP) is 5.33. The van der Waals surface area contributed by atoms with E-state index in [0.29, 0.717) is 5.56 Å². The van der Waals surface area contributed by atoms with Crippen LogP contribution in [0.5, 0.6) is 0 Å². The minimum atomic E-state index is -2.80. The van der Waals surface area contributed by atoms with Gasteiger partial charge in [0.15, 0.2) is 11.6 Å². The quantitative estimate of drug-likeness (QED) is 0.469. The SMILES string of the molecule is CC1(C)OB(c2ccc([C@]3(C4CCC(F)(F)CC4)C(=O)Nc4c3ccc(F)c4F)cc2)OC1(C)C. The molecule has 1 amide bonds. The van der Waals surface area contributed by atoms with Crippen molar-refractivity contribution in [2.24, 2.45) is 5.92 Å². The van der Waals surface area contributed by atoms with E-state index >= 15 is 0 Å². The lowest BCUT2D eigenvalue weighted by Crippen LogP contribution is -2.46. The van der Waals surface area contributed by atoms with Crippen molar-refractivity contribution < 1.29 is 31.7 Å². The van der Waals surface area contributed by atoms with Crippen molar-refractivity contribution in [1.29, 1.82) is 0 Å². The summed E-state index contributed by atoms with van der Waals surface area (Å²) in [5.41, 5.74) is -1.14. The van der Waals surface area contributed by atoms with Crippen LogP contribution < -0.4 is 10.8 Å². The van der Waals surface area contributed by atoms with Gasteiger partial charge in [0.2, 0.25) is 11.8 Å². The Balaban J connectivity index is 1.59. The van der Waals surface area contributed by atoms with Gasteiger partial charge in [0.05, 0.1) is 16.9 Å². The van der Waals surface area contributed by atoms with Crippen molar-refractivity contribution in [3.05, 3.63) is 59.2 Å². The summed E-state index contributed by atoms with van der Waals surface area (Å²) in [5, 5.41) is 2.51. The lowest BCUT2D eigenvalue weighted by Gasteiger charge is -2.40. The highest BCUT2D eigenvalue weighted by atomic mass is 19.3. The van der Waals surface area contributed by atoms with E-state index in [1.165, 1.54) is 6.07 Å². The van der Waals surface area contributed by atoms with Crippen molar-refractivity contribution in [3.63, 3.8) is 0 Å². The number of amides is 1. The van der Waals surface area contributed by atoms with Crippen molar-refractivity contribution in [2.75, 3.05) is 5.32 Å². The molecule has 186 valence electrons. The van der Waals surface area contributed by atoms with Gasteiger partial charge in [0.25, 0.3) is 0 Å². The zero-order valence-electron chi connectivity index (χ0n) is 20.2. The second-order valence-corrected chi connectivity index (χ2v) is 10.9. The van der Waals surface area contributed by atoms with Crippen LogP contribution in [0.15, 0.2) is 36.4 Å². The van der Waals surface area contributed by atoms with Crippen molar-refractivity contribution in [2.45, 2.75) is 75.9 Å². The topological polar surface area (TPSA) is 47.6 Å². The summed E-state index contributed by atoms with van der Waals surface area (Å²) in [5.74, 6) is -6.06. The van der Waals surface area contributed by atoms with E-state index in [-0.39, 0.29) is 36.9 Å². The molecule has 2 aromatic carbocycles. The largest absolute Gasteiger partial charge is 0.494 e. The Morgan fingerprint density at radius 1 is 0.914 bits per heavy atom. The summed E-state index contributed by atoms with van der Waals surface area (Å²) < 4.78 is 68.9. The Hall–Kier alpha value is -2.39. The number of benzene rings is 2. The normalized spacial score (nSPS) is 27.1. The number of rotatable bonds is 3. The first kappa shape index (κ1) is 24.3. The summed E-state index contributed by atoms with van der Waals surface area (Å²) in [6.45, 7) is 7.79. The molecule has 2 fully saturated rings. The van der Waals surface area contributed by atoms with E-state index in [9.17, 15) is 22.4 Å². The smallest absolute Gasteiger partial charge is 0.399 e. The van der Waals surface area contributed by atoms with Crippen LogP contribution in [0.1, 0.15) is 64.5 Å². The Labute approximate surface area is 202 Å². The molecule has 1 N–H and O–H groups in total. The number of halogens is 4. The van der Waals surface area contributed by atoms with E-state index in [0.717, 1.165) is 11.5 Å². The molecule has 2 heterocycles. The van der Waals surface area contributed by atoms with Gasteiger partial charge in [0, 0.05) is 12.8 Å². The molecular weight excluding hydrogens is 461 g/mol. The number of anilines is 1. The van der Waals surface area contributed by atoms with Crippen molar-refractivity contribution >= 4 is 24.2 Å². The number of carbonyl (C=O) groups is 1. The minimum Gasteiger partial charge on any atom is -0.399 e. The van der Waals surface area contributed by atoms with Crippen LogP contribution in [0.2, 0.25) is 0 Å². The van der Waals surface area contributed by atoms with Gasteiger partial charge in [0.1, 0.15) is 5.41 Å². The summed E-state index contributed by atoms with van der Waals surface area (Å²) >= 11 is 0. The number of fused-ring (bicyclic) bond motifs is 1. The molecule has 0 unspecified atom stereocenters. The molecule has 5 rings (SSSR count). The summed E-state index contributed by atoms with van der Waals surface area (Å²) in [4.78, 5) is 13.6. The average Bonchev–Trinajstić information content (AvgIpc) is 3.20. The highest BCUT2D eigenvalue weighted by Gasteiger charge is 2.57. The van der Waals surface area contributed by atoms with Crippen LogP contribution in [-0.2, 0) is 19.5 Å².